The highest BCUT2D eigenvalue weighted by atomic mass is 19.3. The van der Waals surface area contributed by atoms with Crippen LogP contribution in [-0.4, -0.2) is 9.91 Å². The lowest BCUT2D eigenvalue weighted by molar-refractivity contribution is -0.387. The summed E-state index contributed by atoms with van der Waals surface area (Å²) >= 11 is 0. The summed E-state index contributed by atoms with van der Waals surface area (Å²) in [4.78, 5) is 12.9. The van der Waals surface area contributed by atoms with Crippen molar-refractivity contribution in [3.63, 3.8) is 0 Å². The van der Waals surface area contributed by atoms with Crippen molar-refractivity contribution in [2.45, 2.75) is 12.8 Å². The van der Waals surface area contributed by atoms with Crippen LogP contribution in [0.15, 0.2) is 6.20 Å². The number of anilines is 1. The SMILES string of the molecule is N#CCc1c(N)cnc(C(F)F)c1[N+](=O)[O-]. The average Bonchev–Trinajstić information content (AvgIpc) is 2.20. The molecule has 0 saturated heterocycles. The monoisotopic (exact) mass is 228 g/mol. The van der Waals surface area contributed by atoms with E-state index in [-0.39, 0.29) is 11.3 Å². The fourth-order valence-electron chi connectivity index (χ4n) is 1.20. The molecule has 0 fully saturated rings. The van der Waals surface area contributed by atoms with Crippen molar-refractivity contribution < 1.29 is 13.7 Å². The zero-order valence-corrected chi connectivity index (χ0v) is 7.85. The van der Waals surface area contributed by atoms with Crippen LogP contribution in [0.5, 0.6) is 0 Å². The molecule has 1 rings (SSSR count). The van der Waals surface area contributed by atoms with Gasteiger partial charge in [-0.3, -0.25) is 10.1 Å². The van der Waals surface area contributed by atoms with Crippen LogP contribution in [-0.2, 0) is 6.42 Å². The van der Waals surface area contributed by atoms with E-state index in [2.05, 4.69) is 4.98 Å². The maximum Gasteiger partial charge on any atom is 0.302 e. The number of nitrogen functional groups attached to an aromatic ring is 1. The Morgan fingerprint density at radius 2 is 2.31 bits per heavy atom. The molecule has 0 aliphatic heterocycles. The van der Waals surface area contributed by atoms with Gasteiger partial charge in [0.05, 0.1) is 34.9 Å². The minimum atomic E-state index is -3.08. The summed E-state index contributed by atoms with van der Waals surface area (Å²) in [7, 11) is 0. The summed E-state index contributed by atoms with van der Waals surface area (Å²) in [6.45, 7) is 0. The van der Waals surface area contributed by atoms with Gasteiger partial charge in [0.15, 0.2) is 5.69 Å². The van der Waals surface area contributed by atoms with E-state index >= 15 is 0 Å². The summed E-state index contributed by atoms with van der Waals surface area (Å²) < 4.78 is 24.9. The zero-order valence-electron chi connectivity index (χ0n) is 7.85. The highest BCUT2D eigenvalue weighted by Gasteiger charge is 2.28. The molecule has 0 spiro atoms. The Kier molecular flexibility index (Phi) is 3.30. The van der Waals surface area contributed by atoms with Crippen LogP contribution >= 0.6 is 0 Å². The van der Waals surface area contributed by atoms with Gasteiger partial charge in [0.1, 0.15) is 0 Å². The molecule has 0 aliphatic carbocycles. The summed E-state index contributed by atoms with van der Waals surface area (Å²) in [6.07, 6.45) is -2.61. The van der Waals surface area contributed by atoms with Crippen LogP contribution in [0.2, 0.25) is 0 Å². The molecule has 8 heteroatoms. The number of alkyl halides is 2. The second-order valence-electron chi connectivity index (χ2n) is 2.82. The van der Waals surface area contributed by atoms with Crippen LogP contribution in [0, 0.1) is 21.4 Å². The Bertz CT molecular complexity index is 470. The summed E-state index contributed by atoms with van der Waals surface area (Å²) in [5.74, 6) is 0. The first-order valence-electron chi connectivity index (χ1n) is 4.05. The molecule has 1 aromatic rings. The topological polar surface area (TPSA) is 106 Å². The maximum atomic E-state index is 12.4. The number of aromatic nitrogens is 1. The Labute approximate surface area is 88.5 Å². The number of pyridine rings is 1. The van der Waals surface area contributed by atoms with Crippen molar-refractivity contribution in [2.24, 2.45) is 0 Å². The van der Waals surface area contributed by atoms with Gasteiger partial charge in [-0.15, -0.1) is 0 Å². The number of rotatable bonds is 3. The molecule has 16 heavy (non-hydrogen) atoms. The van der Waals surface area contributed by atoms with E-state index in [1.165, 1.54) is 0 Å². The normalized spacial score (nSPS) is 10.1. The highest BCUT2D eigenvalue weighted by molar-refractivity contribution is 5.59. The Hall–Kier alpha value is -2.30. The van der Waals surface area contributed by atoms with E-state index in [4.69, 9.17) is 11.0 Å². The van der Waals surface area contributed by atoms with Gasteiger partial charge in [0, 0.05) is 0 Å². The molecule has 0 bridgehead atoms. The highest BCUT2D eigenvalue weighted by Crippen LogP contribution is 2.33. The minimum Gasteiger partial charge on any atom is -0.397 e. The number of nitrogens with zero attached hydrogens (tertiary/aromatic N) is 3. The van der Waals surface area contributed by atoms with Crippen LogP contribution < -0.4 is 5.73 Å². The van der Waals surface area contributed by atoms with Crippen molar-refractivity contribution in [1.82, 2.24) is 4.98 Å². The van der Waals surface area contributed by atoms with Crippen molar-refractivity contribution >= 4 is 11.4 Å². The molecule has 84 valence electrons. The van der Waals surface area contributed by atoms with E-state index in [0.29, 0.717) is 0 Å². The second-order valence-corrected chi connectivity index (χ2v) is 2.82. The molecule has 1 heterocycles. The Balaban J connectivity index is 3.51. The zero-order chi connectivity index (χ0) is 12.3. The smallest absolute Gasteiger partial charge is 0.302 e. The lowest BCUT2D eigenvalue weighted by Crippen LogP contribution is -2.06. The maximum absolute atomic E-state index is 12.4. The molecule has 0 amide bonds. The first kappa shape index (κ1) is 11.8. The van der Waals surface area contributed by atoms with E-state index < -0.39 is 29.2 Å². The van der Waals surface area contributed by atoms with Crippen LogP contribution in [0.1, 0.15) is 17.7 Å². The van der Waals surface area contributed by atoms with Gasteiger partial charge in [-0.2, -0.15) is 5.26 Å². The number of nitrogens with two attached hydrogens (primary N) is 1. The molecule has 2 N–H and O–H groups in total. The third kappa shape index (κ3) is 2.03. The van der Waals surface area contributed by atoms with Gasteiger partial charge in [-0.1, -0.05) is 0 Å². The van der Waals surface area contributed by atoms with E-state index in [0.717, 1.165) is 6.20 Å². The third-order valence-corrected chi connectivity index (χ3v) is 1.86. The third-order valence-electron chi connectivity index (χ3n) is 1.86. The van der Waals surface area contributed by atoms with Crippen molar-refractivity contribution in [3.05, 3.63) is 27.6 Å². The molecule has 0 radical (unpaired) electrons. The lowest BCUT2D eigenvalue weighted by atomic mass is 10.1. The predicted octanol–water partition coefficient (Wildman–Crippen LogP) is 1.58. The van der Waals surface area contributed by atoms with Gasteiger partial charge < -0.3 is 5.73 Å². The largest absolute Gasteiger partial charge is 0.397 e. The standard InChI is InChI=1S/C8H6F2N4O2/c9-8(10)6-7(14(15)16)4(1-2-11)5(12)3-13-6/h3,8H,1,12H2. The van der Waals surface area contributed by atoms with Crippen molar-refractivity contribution in [2.75, 3.05) is 5.73 Å². The van der Waals surface area contributed by atoms with Gasteiger partial charge >= 0.3 is 5.69 Å². The number of nitro groups is 1. The number of hydrogen-bond acceptors (Lipinski definition) is 5. The van der Waals surface area contributed by atoms with Gasteiger partial charge in [0.2, 0.25) is 0 Å². The van der Waals surface area contributed by atoms with Gasteiger partial charge in [-0.05, 0) is 0 Å². The molecule has 0 aromatic carbocycles. The number of hydrogen-bond donors (Lipinski definition) is 1. The summed E-state index contributed by atoms with van der Waals surface area (Å²) in [5, 5.41) is 19.1. The number of halogens is 2. The van der Waals surface area contributed by atoms with Crippen molar-refractivity contribution in [1.29, 1.82) is 5.26 Å². The average molecular weight is 228 g/mol. The summed E-state index contributed by atoms with van der Waals surface area (Å²) in [6, 6.07) is 1.63. The quantitative estimate of drug-likeness (QED) is 0.624. The van der Waals surface area contributed by atoms with Crippen LogP contribution in [0.3, 0.4) is 0 Å². The molecule has 6 nitrogen and oxygen atoms in total. The Morgan fingerprint density at radius 3 is 2.75 bits per heavy atom. The van der Waals surface area contributed by atoms with Crippen LogP contribution in [0.4, 0.5) is 20.2 Å². The van der Waals surface area contributed by atoms with E-state index in [1.54, 1.807) is 6.07 Å². The molecule has 0 atom stereocenters. The minimum absolute atomic E-state index is 0.141. The predicted molar refractivity (Wildman–Crippen MR) is 49.6 cm³/mol. The molecule has 0 saturated carbocycles. The first-order chi connectivity index (χ1) is 7.49. The number of nitriles is 1. The van der Waals surface area contributed by atoms with Gasteiger partial charge in [-0.25, -0.2) is 13.8 Å². The molecule has 0 unspecified atom stereocenters. The van der Waals surface area contributed by atoms with Crippen molar-refractivity contribution in [3.8, 4) is 6.07 Å². The molecular weight excluding hydrogens is 222 g/mol. The second kappa shape index (κ2) is 4.48. The molecular formula is C8H6F2N4O2. The van der Waals surface area contributed by atoms with Gasteiger partial charge in [0.25, 0.3) is 6.43 Å². The fourth-order valence-corrected chi connectivity index (χ4v) is 1.20. The first-order valence-corrected chi connectivity index (χ1v) is 4.05. The van der Waals surface area contributed by atoms with Crippen LogP contribution in [0.25, 0.3) is 0 Å². The Morgan fingerprint density at radius 1 is 1.69 bits per heavy atom. The molecule has 1 aromatic heterocycles. The van der Waals surface area contributed by atoms with E-state index in [1.807, 2.05) is 0 Å². The van der Waals surface area contributed by atoms with E-state index in [9.17, 15) is 18.9 Å². The summed E-state index contributed by atoms with van der Waals surface area (Å²) in [5.41, 5.74) is 3.14. The fraction of sp³-hybridized carbons (Fsp3) is 0.250. The molecule has 0 aliphatic rings. The lowest BCUT2D eigenvalue weighted by Gasteiger charge is -2.06.